The van der Waals surface area contributed by atoms with Gasteiger partial charge in [0.25, 0.3) is 0 Å². The van der Waals surface area contributed by atoms with Gasteiger partial charge >= 0.3 is 0 Å². The van der Waals surface area contributed by atoms with E-state index in [0.29, 0.717) is 6.61 Å². The molecule has 0 amide bonds. The Hall–Kier alpha value is -2.27. The van der Waals surface area contributed by atoms with Crippen molar-refractivity contribution in [1.29, 1.82) is 0 Å². The number of aryl methyl sites for hydroxylation is 3. The first kappa shape index (κ1) is 18.5. The zero-order valence-corrected chi connectivity index (χ0v) is 16.6. The van der Waals surface area contributed by atoms with Gasteiger partial charge in [-0.1, -0.05) is 53.7 Å². The fourth-order valence-corrected chi connectivity index (χ4v) is 3.66. The quantitative estimate of drug-likeness (QED) is 0.545. The highest BCUT2D eigenvalue weighted by atomic mass is 32.2. The van der Waals surface area contributed by atoms with Crippen molar-refractivity contribution in [3.05, 3.63) is 70.5 Å². The van der Waals surface area contributed by atoms with Crippen LogP contribution < -0.4 is 4.74 Å². The van der Waals surface area contributed by atoms with Crippen molar-refractivity contribution in [2.75, 3.05) is 0 Å². The second-order valence-corrected chi connectivity index (χ2v) is 7.42. The summed E-state index contributed by atoms with van der Waals surface area (Å²) in [5, 5.41) is 9.65. The fraction of sp³-hybridized carbons (Fsp3) is 0.333. The van der Waals surface area contributed by atoms with Gasteiger partial charge < -0.3 is 9.30 Å². The van der Waals surface area contributed by atoms with Crippen LogP contribution in [0, 0.1) is 20.8 Å². The molecule has 0 N–H and O–H groups in total. The van der Waals surface area contributed by atoms with Crippen LogP contribution in [0.25, 0.3) is 0 Å². The summed E-state index contributed by atoms with van der Waals surface area (Å²) < 4.78 is 8.13. The Morgan fingerprint density at radius 3 is 2.42 bits per heavy atom. The zero-order valence-electron chi connectivity index (χ0n) is 15.8. The molecular weight excluding hydrogens is 342 g/mol. The molecule has 0 bridgehead atoms. The normalized spacial score (nSPS) is 10.9. The summed E-state index contributed by atoms with van der Waals surface area (Å²) >= 11 is 1.71. The Morgan fingerprint density at radius 2 is 1.69 bits per heavy atom. The lowest BCUT2D eigenvalue weighted by Crippen LogP contribution is -2.07. The molecule has 5 heteroatoms. The predicted molar refractivity (Wildman–Crippen MR) is 107 cm³/mol. The molecule has 3 aromatic rings. The highest BCUT2D eigenvalue weighted by molar-refractivity contribution is 7.98. The number of thioether (sulfide) groups is 1. The van der Waals surface area contributed by atoms with E-state index in [1.165, 1.54) is 16.7 Å². The smallest absolute Gasteiger partial charge is 0.191 e. The molecule has 0 fully saturated rings. The van der Waals surface area contributed by atoms with Gasteiger partial charge in [-0.15, -0.1) is 10.2 Å². The Bertz CT molecular complexity index is 871. The van der Waals surface area contributed by atoms with Crippen molar-refractivity contribution < 1.29 is 4.74 Å². The third kappa shape index (κ3) is 4.47. The molecule has 26 heavy (non-hydrogen) atoms. The molecule has 0 radical (unpaired) electrons. The SMILES string of the molecule is CCn1c(COc2cc(C)ccc2C)nnc1SCc1ccc(C)cc1. The van der Waals surface area contributed by atoms with E-state index in [0.717, 1.165) is 34.6 Å². The van der Waals surface area contributed by atoms with Crippen LogP contribution >= 0.6 is 11.8 Å². The van der Waals surface area contributed by atoms with Crippen LogP contribution in [-0.2, 0) is 18.9 Å². The Morgan fingerprint density at radius 1 is 0.962 bits per heavy atom. The number of ether oxygens (including phenoxy) is 1. The number of rotatable bonds is 7. The minimum absolute atomic E-state index is 0.427. The van der Waals surface area contributed by atoms with Crippen LogP contribution in [0.2, 0.25) is 0 Å². The first-order valence-electron chi connectivity index (χ1n) is 8.87. The minimum atomic E-state index is 0.427. The molecule has 1 aromatic heterocycles. The number of hydrogen-bond donors (Lipinski definition) is 0. The van der Waals surface area contributed by atoms with Gasteiger partial charge in [0.15, 0.2) is 11.0 Å². The summed E-state index contributed by atoms with van der Waals surface area (Å²) in [7, 11) is 0. The van der Waals surface area contributed by atoms with Gasteiger partial charge in [0.05, 0.1) is 0 Å². The summed E-state index contributed by atoms with van der Waals surface area (Å²) in [5.74, 6) is 2.65. The van der Waals surface area contributed by atoms with Crippen LogP contribution in [0.1, 0.15) is 35.0 Å². The highest BCUT2D eigenvalue weighted by Crippen LogP contribution is 2.24. The van der Waals surface area contributed by atoms with Gasteiger partial charge in [-0.05, 0) is 50.5 Å². The molecule has 1 heterocycles. The van der Waals surface area contributed by atoms with Crippen molar-refractivity contribution >= 4 is 11.8 Å². The zero-order chi connectivity index (χ0) is 18.5. The van der Waals surface area contributed by atoms with Crippen LogP contribution in [0.15, 0.2) is 47.6 Å². The summed E-state index contributed by atoms with van der Waals surface area (Å²) in [6, 6.07) is 14.9. The van der Waals surface area contributed by atoms with E-state index in [-0.39, 0.29) is 0 Å². The lowest BCUT2D eigenvalue weighted by Gasteiger charge is -2.11. The Balaban J connectivity index is 1.67. The molecule has 2 aromatic carbocycles. The average molecular weight is 368 g/mol. The molecule has 0 spiro atoms. The van der Waals surface area contributed by atoms with Crippen LogP contribution in [0.4, 0.5) is 0 Å². The van der Waals surface area contributed by atoms with Crippen LogP contribution in [0.5, 0.6) is 5.75 Å². The topological polar surface area (TPSA) is 39.9 Å². The number of hydrogen-bond acceptors (Lipinski definition) is 4. The maximum atomic E-state index is 6.00. The van der Waals surface area contributed by atoms with Gasteiger partial charge in [0.1, 0.15) is 12.4 Å². The van der Waals surface area contributed by atoms with Crippen molar-refractivity contribution in [2.45, 2.75) is 51.8 Å². The number of aromatic nitrogens is 3. The molecular formula is C21H25N3OS. The molecule has 0 atom stereocenters. The maximum absolute atomic E-state index is 6.00. The first-order valence-corrected chi connectivity index (χ1v) is 9.86. The van der Waals surface area contributed by atoms with E-state index in [1.807, 2.05) is 0 Å². The van der Waals surface area contributed by atoms with Gasteiger partial charge in [-0.2, -0.15) is 0 Å². The Kier molecular flexibility index (Phi) is 5.99. The molecule has 0 aliphatic rings. The van der Waals surface area contributed by atoms with E-state index in [1.54, 1.807) is 11.8 Å². The minimum Gasteiger partial charge on any atom is -0.485 e. The third-order valence-electron chi connectivity index (χ3n) is 4.30. The number of nitrogens with zero attached hydrogens (tertiary/aromatic N) is 3. The van der Waals surface area contributed by atoms with Crippen LogP contribution in [0.3, 0.4) is 0 Å². The standard InChI is InChI=1S/C21H25N3OS/c1-5-24-20(13-25-19-12-16(3)6-9-17(19)4)22-23-21(24)26-14-18-10-7-15(2)8-11-18/h6-12H,5,13-14H2,1-4H3. The van der Waals surface area contributed by atoms with Gasteiger partial charge in [0.2, 0.25) is 0 Å². The monoisotopic (exact) mass is 367 g/mol. The highest BCUT2D eigenvalue weighted by Gasteiger charge is 2.12. The lowest BCUT2D eigenvalue weighted by molar-refractivity contribution is 0.286. The van der Waals surface area contributed by atoms with Crippen molar-refractivity contribution in [3.8, 4) is 5.75 Å². The second-order valence-electron chi connectivity index (χ2n) is 6.47. The fourth-order valence-electron chi connectivity index (χ4n) is 2.69. The van der Waals surface area contributed by atoms with E-state index >= 15 is 0 Å². The third-order valence-corrected chi connectivity index (χ3v) is 5.34. The average Bonchev–Trinajstić information content (AvgIpc) is 3.04. The molecule has 0 aliphatic heterocycles. The summed E-state index contributed by atoms with van der Waals surface area (Å²) in [6.45, 7) is 9.60. The molecule has 136 valence electrons. The first-order chi connectivity index (χ1) is 12.6. The maximum Gasteiger partial charge on any atom is 0.191 e. The van der Waals surface area contributed by atoms with E-state index in [2.05, 4.69) is 84.9 Å². The van der Waals surface area contributed by atoms with E-state index in [9.17, 15) is 0 Å². The molecule has 0 saturated carbocycles. The molecule has 0 unspecified atom stereocenters. The molecule has 0 aliphatic carbocycles. The Labute approximate surface area is 159 Å². The van der Waals surface area contributed by atoms with Crippen LogP contribution in [-0.4, -0.2) is 14.8 Å². The predicted octanol–water partition coefficient (Wildman–Crippen LogP) is 5.09. The van der Waals surface area contributed by atoms with Gasteiger partial charge in [-0.25, -0.2) is 0 Å². The van der Waals surface area contributed by atoms with Gasteiger partial charge in [-0.3, -0.25) is 0 Å². The van der Waals surface area contributed by atoms with Crippen molar-refractivity contribution in [2.24, 2.45) is 0 Å². The van der Waals surface area contributed by atoms with E-state index in [4.69, 9.17) is 4.74 Å². The van der Waals surface area contributed by atoms with Crippen molar-refractivity contribution in [1.82, 2.24) is 14.8 Å². The summed E-state index contributed by atoms with van der Waals surface area (Å²) in [5.41, 5.74) is 4.89. The number of benzene rings is 2. The second kappa shape index (κ2) is 8.41. The van der Waals surface area contributed by atoms with Gasteiger partial charge in [0, 0.05) is 12.3 Å². The van der Waals surface area contributed by atoms with E-state index < -0.39 is 0 Å². The van der Waals surface area contributed by atoms with Crippen molar-refractivity contribution in [3.63, 3.8) is 0 Å². The lowest BCUT2D eigenvalue weighted by atomic mass is 10.1. The summed E-state index contributed by atoms with van der Waals surface area (Å²) in [4.78, 5) is 0. The molecule has 4 nitrogen and oxygen atoms in total. The molecule has 0 saturated heterocycles. The summed E-state index contributed by atoms with van der Waals surface area (Å²) in [6.07, 6.45) is 0. The largest absolute Gasteiger partial charge is 0.485 e. The molecule has 3 rings (SSSR count).